The Labute approximate surface area is 179 Å². The molecule has 1 N–H and O–H groups in total. The van der Waals surface area contributed by atoms with Crippen molar-refractivity contribution in [3.8, 4) is 5.75 Å². The molecule has 1 aliphatic heterocycles. The summed E-state index contributed by atoms with van der Waals surface area (Å²) in [5, 5.41) is 2.86. The van der Waals surface area contributed by atoms with Crippen molar-refractivity contribution in [2.45, 2.75) is 25.9 Å². The molecular formula is C23H25F3N2O3. The fraction of sp³-hybridized carbons (Fsp3) is 0.391. The number of rotatable bonds is 6. The molecule has 0 spiro atoms. The lowest BCUT2D eigenvalue weighted by atomic mass is 9.95. The molecular weight excluding hydrogens is 409 g/mol. The highest BCUT2D eigenvalue weighted by atomic mass is 19.4. The first-order chi connectivity index (χ1) is 14.7. The Balaban J connectivity index is 1.41. The van der Waals surface area contributed by atoms with Crippen LogP contribution in [0.4, 0.5) is 13.2 Å². The van der Waals surface area contributed by atoms with E-state index in [1.807, 2.05) is 31.2 Å². The molecule has 0 atom stereocenters. The zero-order valence-electron chi connectivity index (χ0n) is 17.2. The number of nitrogens with one attached hydrogen (secondary N) is 1. The van der Waals surface area contributed by atoms with E-state index in [0.717, 1.165) is 23.4 Å². The van der Waals surface area contributed by atoms with Gasteiger partial charge in [-0.1, -0.05) is 12.1 Å². The van der Waals surface area contributed by atoms with Gasteiger partial charge in [0.15, 0.2) is 0 Å². The van der Waals surface area contributed by atoms with E-state index in [1.165, 1.54) is 12.1 Å². The monoisotopic (exact) mass is 434 g/mol. The van der Waals surface area contributed by atoms with Crippen LogP contribution in [0.25, 0.3) is 0 Å². The van der Waals surface area contributed by atoms with Gasteiger partial charge in [0, 0.05) is 24.6 Å². The van der Waals surface area contributed by atoms with Crippen LogP contribution in [-0.4, -0.2) is 43.0 Å². The van der Waals surface area contributed by atoms with Crippen LogP contribution in [0, 0.1) is 12.8 Å². The second-order valence-corrected chi connectivity index (χ2v) is 7.60. The van der Waals surface area contributed by atoms with Crippen LogP contribution < -0.4 is 10.1 Å². The second-order valence-electron chi connectivity index (χ2n) is 7.60. The Morgan fingerprint density at radius 2 is 1.77 bits per heavy atom. The third-order valence-electron chi connectivity index (χ3n) is 5.27. The van der Waals surface area contributed by atoms with Gasteiger partial charge in [-0.3, -0.25) is 9.59 Å². The van der Waals surface area contributed by atoms with Gasteiger partial charge in [0.1, 0.15) is 12.4 Å². The first-order valence-electron chi connectivity index (χ1n) is 10.2. The molecule has 1 fully saturated rings. The molecule has 2 amide bonds. The number of hydrogen-bond acceptors (Lipinski definition) is 3. The Hall–Kier alpha value is -3.03. The molecule has 3 rings (SSSR count). The third kappa shape index (κ3) is 6.23. The molecule has 0 unspecified atom stereocenters. The number of halogens is 3. The van der Waals surface area contributed by atoms with E-state index in [1.54, 1.807) is 4.90 Å². The summed E-state index contributed by atoms with van der Waals surface area (Å²) in [6.45, 7) is 3.50. The molecule has 166 valence electrons. The van der Waals surface area contributed by atoms with E-state index >= 15 is 0 Å². The van der Waals surface area contributed by atoms with Gasteiger partial charge in [-0.25, -0.2) is 0 Å². The topological polar surface area (TPSA) is 58.6 Å². The number of likely N-dealkylation sites (tertiary alicyclic amines) is 1. The third-order valence-corrected chi connectivity index (χ3v) is 5.27. The molecule has 0 aromatic heterocycles. The second kappa shape index (κ2) is 9.85. The summed E-state index contributed by atoms with van der Waals surface area (Å²) in [5.41, 5.74) is 0.522. The van der Waals surface area contributed by atoms with Crippen LogP contribution in [0.1, 0.15) is 34.3 Å². The Morgan fingerprint density at radius 1 is 1.10 bits per heavy atom. The number of carbonyl (C=O) groups excluding carboxylic acids is 2. The standard InChI is InChI=1S/C23H25F3N2O3/c1-16-3-2-4-20(15-16)31-14-11-27-21(29)17-9-12-28(13-10-17)22(30)18-5-7-19(8-6-18)23(24,25)26/h2-8,15,17H,9-14H2,1H3,(H,27,29). The quantitative estimate of drug-likeness (QED) is 0.698. The van der Waals surface area contributed by atoms with Crippen molar-refractivity contribution in [3.63, 3.8) is 0 Å². The van der Waals surface area contributed by atoms with E-state index in [-0.39, 0.29) is 23.3 Å². The number of carbonyl (C=O) groups is 2. The molecule has 0 saturated carbocycles. The minimum atomic E-state index is -4.43. The van der Waals surface area contributed by atoms with Crippen molar-refractivity contribution in [2.75, 3.05) is 26.2 Å². The van der Waals surface area contributed by atoms with Gasteiger partial charge >= 0.3 is 6.18 Å². The molecule has 1 saturated heterocycles. The summed E-state index contributed by atoms with van der Waals surface area (Å²) < 4.78 is 43.6. The molecule has 8 heteroatoms. The van der Waals surface area contributed by atoms with Crippen LogP contribution in [0.15, 0.2) is 48.5 Å². The van der Waals surface area contributed by atoms with Crippen molar-refractivity contribution in [1.29, 1.82) is 0 Å². The van der Waals surface area contributed by atoms with Crippen molar-refractivity contribution in [2.24, 2.45) is 5.92 Å². The average molecular weight is 434 g/mol. The Kier molecular flexibility index (Phi) is 7.20. The number of nitrogens with zero attached hydrogens (tertiary/aromatic N) is 1. The lowest BCUT2D eigenvalue weighted by molar-refractivity contribution is -0.137. The lowest BCUT2D eigenvalue weighted by Gasteiger charge is -2.31. The number of benzene rings is 2. The SMILES string of the molecule is Cc1cccc(OCCNC(=O)C2CCN(C(=O)c3ccc(C(F)(F)F)cc3)CC2)c1. The van der Waals surface area contributed by atoms with E-state index in [0.29, 0.717) is 39.1 Å². The molecule has 5 nitrogen and oxygen atoms in total. The van der Waals surface area contributed by atoms with Crippen LogP contribution in [0.3, 0.4) is 0 Å². The highest BCUT2D eigenvalue weighted by molar-refractivity contribution is 5.94. The zero-order chi connectivity index (χ0) is 22.4. The molecule has 0 bridgehead atoms. The van der Waals surface area contributed by atoms with Crippen LogP contribution in [0.5, 0.6) is 5.75 Å². The van der Waals surface area contributed by atoms with Gasteiger partial charge < -0.3 is 15.0 Å². The minimum absolute atomic E-state index is 0.0746. The van der Waals surface area contributed by atoms with Crippen molar-refractivity contribution in [3.05, 3.63) is 65.2 Å². The fourth-order valence-corrected chi connectivity index (χ4v) is 3.52. The number of piperidine rings is 1. The molecule has 31 heavy (non-hydrogen) atoms. The van der Waals surface area contributed by atoms with Crippen LogP contribution >= 0.6 is 0 Å². The number of alkyl halides is 3. The van der Waals surface area contributed by atoms with Gasteiger partial charge in [-0.15, -0.1) is 0 Å². The minimum Gasteiger partial charge on any atom is -0.492 e. The predicted molar refractivity (Wildman–Crippen MR) is 110 cm³/mol. The lowest BCUT2D eigenvalue weighted by Crippen LogP contribution is -2.43. The molecule has 0 aliphatic carbocycles. The first kappa shape index (κ1) is 22.7. The zero-order valence-corrected chi connectivity index (χ0v) is 17.2. The van der Waals surface area contributed by atoms with Gasteiger partial charge in [0.2, 0.25) is 5.91 Å². The Morgan fingerprint density at radius 3 is 2.39 bits per heavy atom. The summed E-state index contributed by atoms with van der Waals surface area (Å²) in [4.78, 5) is 26.5. The summed E-state index contributed by atoms with van der Waals surface area (Å²) in [6, 6.07) is 11.9. The van der Waals surface area contributed by atoms with Gasteiger partial charge in [0.05, 0.1) is 12.1 Å². The number of ether oxygens (including phenoxy) is 1. The van der Waals surface area contributed by atoms with Gasteiger partial charge in [0.25, 0.3) is 5.91 Å². The summed E-state index contributed by atoms with van der Waals surface area (Å²) in [5.74, 6) is 0.161. The van der Waals surface area contributed by atoms with Gasteiger partial charge in [-0.2, -0.15) is 13.2 Å². The molecule has 0 radical (unpaired) electrons. The van der Waals surface area contributed by atoms with E-state index in [9.17, 15) is 22.8 Å². The van der Waals surface area contributed by atoms with Crippen molar-refractivity contribution in [1.82, 2.24) is 10.2 Å². The van der Waals surface area contributed by atoms with Crippen LogP contribution in [-0.2, 0) is 11.0 Å². The smallest absolute Gasteiger partial charge is 0.416 e. The van der Waals surface area contributed by atoms with E-state index in [4.69, 9.17) is 4.74 Å². The fourth-order valence-electron chi connectivity index (χ4n) is 3.52. The predicted octanol–water partition coefficient (Wildman–Crippen LogP) is 4.06. The van der Waals surface area contributed by atoms with Crippen LogP contribution in [0.2, 0.25) is 0 Å². The summed E-state index contributed by atoms with van der Waals surface area (Å²) in [6.07, 6.45) is -3.41. The average Bonchev–Trinajstić information content (AvgIpc) is 2.76. The maximum Gasteiger partial charge on any atom is 0.416 e. The number of hydrogen-bond donors (Lipinski definition) is 1. The molecule has 1 aliphatic rings. The maximum atomic E-state index is 12.7. The highest BCUT2D eigenvalue weighted by Gasteiger charge is 2.31. The maximum absolute atomic E-state index is 12.7. The number of amides is 2. The van der Waals surface area contributed by atoms with Crippen molar-refractivity contribution < 1.29 is 27.5 Å². The normalized spacial score (nSPS) is 14.9. The van der Waals surface area contributed by atoms with Gasteiger partial charge in [-0.05, 0) is 61.7 Å². The largest absolute Gasteiger partial charge is 0.492 e. The molecule has 2 aromatic carbocycles. The number of aryl methyl sites for hydroxylation is 1. The molecule has 1 heterocycles. The summed E-state index contributed by atoms with van der Waals surface area (Å²) in [7, 11) is 0. The Bertz CT molecular complexity index is 905. The molecule has 2 aromatic rings. The summed E-state index contributed by atoms with van der Waals surface area (Å²) >= 11 is 0. The highest BCUT2D eigenvalue weighted by Crippen LogP contribution is 2.29. The first-order valence-corrected chi connectivity index (χ1v) is 10.2. The van der Waals surface area contributed by atoms with Crippen molar-refractivity contribution >= 4 is 11.8 Å². The van der Waals surface area contributed by atoms with E-state index < -0.39 is 11.7 Å². The van der Waals surface area contributed by atoms with E-state index in [2.05, 4.69) is 5.32 Å².